The van der Waals surface area contributed by atoms with Gasteiger partial charge in [0.25, 0.3) is 23.9 Å². The highest BCUT2D eigenvalue weighted by atomic mass is 32.2. The van der Waals surface area contributed by atoms with Gasteiger partial charge in [-0.15, -0.1) is 0 Å². The number of hydrogen-bond acceptors (Lipinski definition) is 6. The summed E-state index contributed by atoms with van der Waals surface area (Å²) in [6.45, 7) is 0.188. The van der Waals surface area contributed by atoms with Gasteiger partial charge >= 0.3 is 20.2 Å². The highest BCUT2D eigenvalue weighted by Crippen LogP contribution is 2.10. The van der Waals surface area contributed by atoms with Crippen LogP contribution in [0.3, 0.4) is 0 Å². The Labute approximate surface area is 127 Å². The molecule has 0 aromatic heterocycles. The molecule has 23 heavy (non-hydrogen) atoms. The van der Waals surface area contributed by atoms with Gasteiger partial charge in [-0.2, -0.15) is 16.8 Å². The summed E-state index contributed by atoms with van der Waals surface area (Å²) >= 11 is 0. The van der Waals surface area contributed by atoms with E-state index in [1.54, 1.807) is 0 Å². The van der Waals surface area contributed by atoms with E-state index in [0.29, 0.717) is 6.42 Å². The molecule has 0 rings (SSSR count). The topological polar surface area (TPSA) is 149 Å². The summed E-state index contributed by atoms with van der Waals surface area (Å²) in [5, 5.41) is 15.8. The lowest BCUT2D eigenvalue weighted by Gasteiger charge is -2.00. The molecule has 0 bridgehead atoms. The number of aliphatic hydroxyl groups excluding tert-OH is 2. The molecule has 0 fully saturated rings. The van der Waals surface area contributed by atoms with Crippen molar-refractivity contribution in [3.05, 3.63) is 0 Å². The van der Waals surface area contributed by atoms with Gasteiger partial charge in [0.1, 0.15) is 0 Å². The lowest BCUT2D eigenvalue weighted by molar-refractivity contribution is 0.0854. The van der Waals surface area contributed by atoms with Gasteiger partial charge in [-0.25, -0.2) is 26.3 Å². The number of halogens is 6. The van der Waals surface area contributed by atoms with Crippen LogP contribution in [-0.4, -0.2) is 73.2 Å². The van der Waals surface area contributed by atoms with E-state index in [-0.39, 0.29) is 13.2 Å². The molecule has 0 spiro atoms. The van der Waals surface area contributed by atoms with Gasteiger partial charge in [0.2, 0.25) is 0 Å². The van der Waals surface area contributed by atoms with E-state index >= 15 is 0 Å². The van der Waals surface area contributed by atoms with Crippen molar-refractivity contribution in [2.24, 2.45) is 0 Å². The molecule has 16 heteroatoms. The van der Waals surface area contributed by atoms with E-state index in [1.807, 2.05) is 0 Å². The molecule has 0 saturated carbocycles. The maximum absolute atomic E-state index is 11.4. The average Bonchev–Trinajstić information content (AvgIpc) is 2.37. The second-order valence-corrected chi connectivity index (χ2v) is 6.16. The van der Waals surface area contributed by atoms with Crippen LogP contribution >= 0.6 is 0 Å². The molecule has 2 unspecified atom stereocenters. The van der Waals surface area contributed by atoms with Crippen molar-refractivity contribution < 1.29 is 62.5 Å². The quantitative estimate of drug-likeness (QED) is 0.363. The fourth-order valence-corrected chi connectivity index (χ4v) is 0.851. The first-order valence-corrected chi connectivity index (χ1v) is 8.12. The molecule has 0 aromatic carbocycles. The summed E-state index contributed by atoms with van der Waals surface area (Å²) in [4.78, 5) is 0. The molecular weight excluding hydrogens is 390 g/mol. The minimum atomic E-state index is -5.22. The van der Waals surface area contributed by atoms with Crippen molar-refractivity contribution in [2.45, 2.75) is 30.3 Å². The Kier molecular flexibility index (Phi) is 15.0. The molecule has 8 nitrogen and oxygen atoms in total. The zero-order chi connectivity index (χ0) is 19.4. The maximum atomic E-state index is 11.4. The van der Waals surface area contributed by atoms with Crippen LogP contribution < -0.4 is 0 Å². The maximum Gasteiger partial charge on any atom is 0.303 e. The Balaban J connectivity index is -0.000000273. The zero-order valence-corrected chi connectivity index (χ0v) is 12.6. The summed E-state index contributed by atoms with van der Waals surface area (Å²) in [6.07, 6.45) is -6.89. The standard InChI is InChI=1S/C3H8O2.2C2H3F3O3S/c4-2-1-3-5;2*3-1(4)2(5)9(6,7)8/h4-5H,1-3H2;2*1-2H,(H,6,7,8). The number of rotatable bonds is 6. The SMILES string of the molecule is O=S(=O)(O)C(F)C(F)F.O=S(=O)(O)C(F)C(F)F.OCCCO. The minimum Gasteiger partial charge on any atom is -0.396 e. The van der Waals surface area contributed by atoms with Crippen molar-refractivity contribution in [1.82, 2.24) is 0 Å². The van der Waals surface area contributed by atoms with Gasteiger partial charge in [-0.3, -0.25) is 9.11 Å². The Hall–Kier alpha value is -0.680. The van der Waals surface area contributed by atoms with E-state index < -0.39 is 44.1 Å². The van der Waals surface area contributed by atoms with E-state index in [0.717, 1.165) is 0 Å². The Morgan fingerprint density at radius 1 is 0.652 bits per heavy atom. The fraction of sp³-hybridized carbons (Fsp3) is 1.00. The third-order valence-corrected chi connectivity index (χ3v) is 2.83. The van der Waals surface area contributed by atoms with Gasteiger partial charge in [0.05, 0.1) is 0 Å². The third-order valence-electron chi connectivity index (χ3n) is 1.28. The largest absolute Gasteiger partial charge is 0.396 e. The average molecular weight is 404 g/mol. The summed E-state index contributed by atoms with van der Waals surface area (Å²) in [7, 11) is -10.4. The lowest BCUT2D eigenvalue weighted by Crippen LogP contribution is -2.22. The second-order valence-electron chi connectivity index (χ2n) is 3.20. The molecule has 0 aromatic rings. The summed E-state index contributed by atoms with van der Waals surface area (Å²) in [5.41, 5.74) is -6.98. The fourth-order valence-electron chi connectivity index (χ4n) is 0.331. The van der Waals surface area contributed by atoms with Crippen LogP contribution in [0.15, 0.2) is 0 Å². The van der Waals surface area contributed by atoms with Crippen molar-refractivity contribution in [3.63, 3.8) is 0 Å². The predicted molar refractivity (Wildman–Crippen MR) is 63.7 cm³/mol. The Morgan fingerprint density at radius 2 is 0.870 bits per heavy atom. The van der Waals surface area contributed by atoms with Crippen LogP contribution in [0, 0.1) is 0 Å². The van der Waals surface area contributed by atoms with Gasteiger partial charge in [-0.1, -0.05) is 0 Å². The Morgan fingerprint density at radius 3 is 0.870 bits per heavy atom. The first kappa shape index (κ1) is 27.2. The first-order valence-electron chi connectivity index (χ1n) is 5.11. The molecule has 144 valence electrons. The number of hydrogen-bond donors (Lipinski definition) is 4. The van der Waals surface area contributed by atoms with E-state index in [1.165, 1.54) is 0 Å². The number of alkyl halides is 6. The highest BCUT2D eigenvalue weighted by Gasteiger charge is 2.32. The molecular formula is C7H14F6O8S2. The van der Waals surface area contributed by atoms with Crippen molar-refractivity contribution >= 4 is 20.2 Å². The first-order chi connectivity index (χ1) is 10.1. The van der Waals surface area contributed by atoms with E-state index in [2.05, 4.69) is 0 Å². The van der Waals surface area contributed by atoms with Gasteiger partial charge in [-0.05, 0) is 6.42 Å². The number of aliphatic hydroxyl groups is 2. The van der Waals surface area contributed by atoms with Crippen LogP contribution in [0.4, 0.5) is 26.3 Å². The van der Waals surface area contributed by atoms with Crippen LogP contribution in [-0.2, 0) is 20.2 Å². The van der Waals surface area contributed by atoms with Gasteiger partial charge in [0, 0.05) is 13.2 Å². The predicted octanol–water partition coefficient (Wildman–Crippen LogP) is 0.231. The van der Waals surface area contributed by atoms with Gasteiger partial charge < -0.3 is 10.2 Å². The summed E-state index contributed by atoms with van der Waals surface area (Å²) < 4.78 is 120. The smallest absolute Gasteiger partial charge is 0.303 e. The minimum absolute atomic E-state index is 0.0938. The third kappa shape index (κ3) is 17.5. The van der Waals surface area contributed by atoms with Crippen LogP contribution in [0.1, 0.15) is 6.42 Å². The van der Waals surface area contributed by atoms with E-state index in [4.69, 9.17) is 19.3 Å². The molecule has 0 saturated heterocycles. The lowest BCUT2D eigenvalue weighted by atomic mass is 10.5. The molecule has 2 atom stereocenters. The van der Waals surface area contributed by atoms with Crippen molar-refractivity contribution in [2.75, 3.05) is 13.2 Å². The van der Waals surface area contributed by atoms with Crippen molar-refractivity contribution in [3.8, 4) is 0 Å². The zero-order valence-electron chi connectivity index (χ0n) is 10.9. The van der Waals surface area contributed by atoms with Gasteiger partial charge in [0.15, 0.2) is 0 Å². The normalized spacial score (nSPS) is 14.4. The molecule has 0 aliphatic carbocycles. The molecule has 0 radical (unpaired) electrons. The van der Waals surface area contributed by atoms with Crippen LogP contribution in [0.25, 0.3) is 0 Å². The highest BCUT2D eigenvalue weighted by molar-refractivity contribution is 7.86. The van der Waals surface area contributed by atoms with Crippen LogP contribution in [0.2, 0.25) is 0 Å². The summed E-state index contributed by atoms with van der Waals surface area (Å²) in [5.74, 6) is 0. The molecule has 0 aliphatic heterocycles. The van der Waals surface area contributed by atoms with Crippen LogP contribution in [0.5, 0.6) is 0 Å². The van der Waals surface area contributed by atoms with Crippen molar-refractivity contribution in [1.29, 1.82) is 0 Å². The molecule has 4 N–H and O–H groups in total. The molecule has 0 aliphatic rings. The second kappa shape index (κ2) is 12.7. The molecule has 0 heterocycles. The monoisotopic (exact) mass is 404 g/mol. The Bertz CT molecular complexity index is 437. The van der Waals surface area contributed by atoms with E-state index in [9.17, 15) is 43.2 Å². The summed E-state index contributed by atoms with van der Waals surface area (Å²) in [6, 6.07) is 0. The molecule has 0 amide bonds.